The molecule has 1 atom stereocenters. The number of aliphatic hydroxyl groups is 1. The summed E-state index contributed by atoms with van der Waals surface area (Å²) in [6.45, 7) is 2.91. The van der Waals surface area contributed by atoms with Gasteiger partial charge in [0.15, 0.2) is 5.83 Å². The first-order valence-corrected chi connectivity index (χ1v) is 3.48. The van der Waals surface area contributed by atoms with Crippen LogP contribution in [-0.2, 0) is 0 Å². The minimum atomic E-state index is -0.804. The molecular formula is C8H10F2O. The Bertz CT molecular complexity index is 240. The van der Waals surface area contributed by atoms with Gasteiger partial charge in [0.25, 0.3) is 0 Å². The van der Waals surface area contributed by atoms with Crippen molar-refractivity contribution in [1.82, 2.24) is 0 Å². The fraction of sp³-hybridized carbons (Fsp3) is 0.500. The van der Waals surface area contributed by atoms with Gasteiger partial charge in [0.05, 0.1) is 0 Å². The summed E-state index contributed by atoms with van der Waals surface area (Å²) in [4.78, 5) is 0. The lowest BCUT2D eigenvalue weighted by atomic mass is 9.95. The second-order valence-electron chi connectivity index (χ2n) is 2.83. The summed E-state index contributed by atoms with van der Waals surface area (Å²) in [6, 6.07) is 0. The molecule has 0 heterocycles. The van der Waals surface area contributed by atoms with Gasteiger partial charge in [-0.1, -0.05) is 6.92 Å². The third kappa shape index (κ3) is 1.27. The summed E-state index contributed by atoms with van der Waals surface area (Å²) >= 11 is 0. The van der Waals surface area contributed by atoms with Gasteiger partial charge in [-0.2, -0.15) is 0 Å². The van der Waals surface area contributed by atoms with E-state index < -0.39 is 17.6 Å². The molecular weight excluding hydrogens is 150 g/mol. The van der Waals surface area contributed by atoms with Gasteiger partial charge in [-0.25, -0.2) is 8.78 Å². The molecule has 0 radical (unpaired) electrons. The molecule has 1 nitrogen and oxygen atoms in total. The molecule has 62 valence electrons. The number of aliphatic hydroxyl groups excluding tert-OH is 1. The Morgan fingerprint density at radius 2 is 2.00 bits per heavy atom. The van der Waals surface area contributed by atoms with Gasteiger partial charge in [-0.3, -0.25) is 0 Å². The molecule has 1 rings (SSSR count). The van der Waals surface area contributed by atoms with Crippen LogP contribution < -0.4 is 0 Å². The van der Waals surface area contributed by atoms with E-state index in [1.165, 1.54) is 6.92 Å². The van der Waals surface area contributed by atoms with E-state index in [9.17, 15) is 8.78 Å². The fourth-order valence-corrected chi connectivity index (χ4v) is 1.05. The maximum atomic E-state index is 12.8. The van der Waals surface area contributed by atoms with Crippen molar-refractivity contribution in [3.05, 3.63) is 23.0 Å². The van der Waals surface area contributed by atoms with E-state index in [0.29, 0.717) is 0 Å². The quantitative estimate of drug-likeness (QED) is 0.577. The van der Waals surface area contributed by atoms with Gasteiger partial charge in [-0.05, 0) is 6.92 Å². The lowest BCUT2D eigenvalue weighted by Gasteiger charge is -2.17. The van der Waals surface area contributed by atoms with Crippen LogP contribution in [0.3, 0.4) is 0 Å². The molecule has 0 saturated carbocycles. The normalized spacial score (nSPS) is 26.4. The van der Waals surface area contributed by atoms with Crippen molar-refractivity contribution < 1.29 is 13.9 Å². The monoisotopic (exact) mass is 160 g/mol. The molecule has 0 aromatic carbocycles. The van der Waals surface area contributed by atoms with Gasteiger partial charge in [0.2, 0.25) is 0 Å². The average molecular weight is 160 g/mol. The van der Waals surface area contributed by atoms with E-state index in [2.05, 4.69) is 0 Å². The van der Waals surface area contributed by atoms with Gasteiger partial charge in [0.1, 0.15) is 11.6 Å². The van der Waals surface area contributed by atoms with Crippen LogP contribution in [0.4, 0.5) is 8.78 Å². The first kappa shape index (κ1) is 8.24. The van der Waals surface area contributed by atoms with Crippen molar-refractivity contribution in [3.63, 3.8) is 0 Å². The Labute approximate surface area is 64.0 Å². The van der Waals surface area contributed by atoms with Gasteiger partial charge in [-0.15, -0.1) is 0 Å². The lowest BCUT2D eigenvalue weighted by molar-refractivity contribution is 0.297. The predicted molar refractivity (Wildman–Crippen MR) is 38.4 cm³/mol. The summed E-state index contributed by atoms with van der Waals surface area (Å²) in [5.74, 6) is -2.03. The second kappa shape index (κ2) is 2.64. The van der Waals surface area contributed by atoms with Crippen LogP contribution in [0.1, 0.15) is 20.3 Å². The molecule has 3 heteroatoms. The molecule has 11 heavy (non-hydrogen) atoms. The highest BCUT2D eigenvalue weighted by atomic mass is 19.1. The number of hydrogen-bond donors (Lipinski definition) is 1. The molecule has 0 spiro atoms. The highest BCUT2D eigenvalue weighted by Crippen LogP contribution is 2.33. The van der Waals surface area contributed by atoms with Crippen molar-refractivity contribution in [2.75, 3.05) is 0 Å². The van der Waals surface area contributed by atoms with E-state index in [-0.39, 0.29) is 17.8 Å². The SMILES string of the molecule is CC1=C(F)CC(C)C(O)=C1F. The first-order chi connectivity index (χ1) is 5.04. The Balaban J connectivity index is 3.07. The van der Waals surface area contributed by atoms with E-state index in [1.807, 2.05) is 0 Å². The third-order valence-electron chi connectivity index (χ3n) is 1.91. The van der Waals surface area contributed by atoms with Crippen molar-refractivity contribution in [2.24, 2.45) is 5.92 Å². The minimum Gasteiger partial charge on any atom is -0.509 e. The topological polar surface area (TPSA) is 20.2 Å². The Kier molecular flexibility index (Phi) is 1.98. The number of rotatable bonds is 0. The molecule has 1 unspecified atom stereocenters. The molecule has 0 aliphatic heterocycles. The van der Waals surface area contributed by atoms with E-state index in [0.717, 1.165) is 0 Å². The zero-order valence-electron chi connectivity index (χ0n) is 6.49. The van der Waals surface area contributed by atoms with E-state index >= 15 is 0 Å². The van der Waals surface area contributed by atoms with Crippen LogP contribution >= 0.6 is 0 Å². The molecule has 0 aromatic rings. The standard InChI is InChI=1S/C8H10F2O/c1-4-3-6(9)5(2)7(10)8(4)11/h4,11H,3H2,1-2H3. The lowest BCUT2D eigenvalue weighted by Crippen LogP contribution is -2.08. The number of hydrogen-bond acceptors (Lipinski definition) is 1. The third-order valence-corrected chi connectivity index (χ3v) is 1.91. The number of halogens is 2. The zero-order valence-corrected chi connectivity index (χ0v) is 6.49. The molecule has 0 saturated heterocycles. The van der Waals surface area contributed by atoms with Gasteiger partial charge >= 0.3 is 0 Å². The highest BCUT2D eigenvalue weighted by Gasteiger charge is 2.24. The van der Waals surface area contributed by atoms with Crippen LogP contribution in [0.5, 0.6) is 0 Å². The molecule has 1 aliphatic carbocycles. The molecule has 0 bridgehead atoms. The van der Waals surface area contributed by atoms with Crippen molar-refractivity contribution in [2.45, 2.75) is 20.3 Å². The maximum absolute atomic E-state index is 12.8. The second-order valence-corrected chi connectivity index (χ2v) is 2.83. The van der Waals surface area contributed by atoms with Crippen molar-refractivity contribution >= 4 is 0 Å². The van der Waals surface area contributed by atoms with Crippen LogP contribution in [-0.4, -0.2) is 5.11 Å². The zero-order chi connectivity index (χ0) is 8.59. The van der Waals surface area contributed by atoms with Crippen LogP contribution in [0.15, 0.2) is 23.0 Å². The summed E-state index contributed by atoms with van der Waals surface area (Å²) < 4.78 is 25.5. The Morgan fingerprint density at radius 3 is 2.55 bits per heavy atom. The highest BCUT2D eigenvalue weighted by molar-refractivity contribution is 5.33. The summed E-state index contributed by atoms with van der Waals surface area (Å²) in [5, 5.41) is 9.04. The fourth-order valence-electron chi connectivity index (χ4n) is 1.05. The van der Waals surface area contributed by atoms with Crippen LogP contribution in [0, 0.1) is 5.92 Å². The molecule has 0 fully saturated rings. The first-order valence-electron chi connectivity index (χ1n) is 3.48. The average Bonchev–Trinajstić information content (AvgIpc) is 1.97. The van der Waals surface area contributed by atoms with Gasteiger partial charge < -0.3 is 5.11 Å². The van der Waals surface area contributed by atoms with Crippen molar-refractivity contribution in [1.29, 1.82) is 0 Å². The van der Waals surface area contributed by atoms with Crippen LogP contribution in [0.25, 0.3) is 0 Å². The Morgan fingerprint density at radius 1 is 1.45 bits per heavy atom. The maximum Gasteiger partial charge on any atom is 0.166 e. The smallest absolute Gasteiger partial charge is 0.166 e. The molecule has 1 N–H and O–H groups in total. The van der Waals surface area contributed by atoms with Gasteiger partial charge in [0, 0.05) is 17.9 Å². The minimum absolute atomic E-state index is 0.0689. The van der Waals surface area contributed by atoms with E-state index in [1.54, 1.807) is 6.92 Å². The summed E-state index contributed by atoms with van der Waals surface area (Å²) in [6.07, 6.45) is 0.102. The largest absolute Gasteiger partial charge is 0.509 e. The summed E-state index contributed by atoms with van der Waals surface area (Å²) in [7, 11) is 0. The Hall–Kier alpha value is -0.860. The van der Waals surface area contributed by atoms with Crippen LogP contribution in [0.2, 0.25) is 0 Å². The predicted octanol–water partition coefficient (Wildman–Crippen LogP) is 3.01. The number of allylic oxidation sites excluding steroid dienone is 4. The molecule has 1 aliphatic rings. The van der Waals surface area contributed by atoms with Crippen molar-refractivity contribution in [3.8, 4) is 0 Å². The molecule has 0 amide bonds. The van der Waals surface area contributed by atoms with E-state index in [4.69, 9.17) is 5.11 Å². The molecule has 0 aromatic heterocycles. The summed E-state index contributed by atoms with van der Waals surface area (Å²) in [5.41, 5.74) is -0.0689.